The van der Waals surface area contributed by atoms with Crippen molar-refractivity contribution in [3.63, 3.8) is 0 Å². The van der Waals surface area contributed by atoms with Gasteiger partial charge >= 0.3 is 0 Å². The molecule has 112 valence electrons. The van der Waals surface area contributed by atoms with Crippen LogP contribution < -0.4 is 5.32 Å². The molecule has 0 heterocycles. The predicted molar refractivity (Wildman–Crippen MR) is 87.2 cm³/mol. The van der Waals surface area contributed by atoms with Gasteiger partial charge in [-0.05, 0) is 23.8 Å². The fourth-order valence-electron chi connectivity index (χ4n) is 1.70. The van der Waals surface area contributed by atoms with E-state index in [1.54, 1.807) is 30.3 Å². The predicted octanol–water partition coefficient (Wildman–Crippen LogP) is 4.55. The number of nitrogens with one attached hydrogen (secondary N) is 1. The maximum absolute atomic E-state index is 11.9. The Balaban J connectivity index is 2.12. The van der Waals surface area contributed by atoms with Crippen LogP contribution >= 0.6 is 23.2 Å². The summed E-state index contributed by atoms with van der Waals surface area (Å²) in [6, 6.07) is 10.8. The Hall–Kier alpha value is -2.37. The molecular formula is C15H10Cl2N2O3. The van der Waals surface area contributed by atoms with Crippen molar-refractivity contribution in [2.45, 2.75) is 0 Å². The van der Waals surface area contributed by atoms with Crippen molar-refractivity contribution in [3.05, 3.63) is 74.3 Å². The number of hydrogen-bond acceptors (Lipinski definition) is 3. The maximum atomic E-state index is 11.9. The van der Waals surface area contributed by atoms with Gasteiger partial charge in [0.1, 0.15) is 0 Å². The minimum Gasteiger partial charge on any atom is -0.320 e. The summed E-state index contributed by atoms with van der Waals surface area (Å²) < 4.78 is 0. The van der Waals surface area contributed by atoms with Crippen LogP contribution in [0.2, 0.25) is 10.0 Å². The minimum atomic E-state index is -0.499. The summed E-state index contributed by atoms with van der Waals surface area (Å²) in [5, 5.41) is 13.9. The first-order valence-electron chi connectivity index (χ1n) is 6.15. The monoisotopic (exact) mass is 336 g/mol. The van der Waals surface area contributed by atoms with E-state index in [1.807, 2.05) is 0 Å². The van der Waals surface area contributed by atoms with E-state index >= 15 is 0 Å². The molecule has 22 heavy (non-hydrogen) atoms. The molecule has 0 bridgehead atoms. The number of para-hydroxylation sites is 1. The number of anilines is 1. The van der Waals surface area contributed by atoms with E-state index in [4.69, 9.17) is 23.2 Å². The Morgan fingerprint density at radius 3 is 2.41 bits per heavy atom. The molecule has 0 saturated heterocycles. The van der Waals surface area contributed by atoms with Crippen LogP contribution in [0, 0.1) is 10.1 Å². The number of amides is 1. The lowest BCUT2D eigenvalue weighted by Crippen LogP contribution is -2.08. The van der Waals surface area contributed by atoms with Crippen LogP contribution in [0.4, 0.5) is 11.4 Å². The van der Waals surface area contributed by atoms with Gasteiger partial charge in [-0.1, -0.05) is 41.4 Å². The van der Waals surface area contributed by atoms with Crippen LogP contribution in [-0.2, 0) is 4.79 Å². The summed E-state index contributed by atoms with van der Waals surface area (Å²) in [7, 11) is 0. The molecule has 1 N–H and O–H groups in total. The van der Waals surface area contributed by atoms with Crippen molar-refractivity contribution in [2.24, 2.45) is 0 Å². The third-order valence-electron chi connectivity index (χ3n) is 2.72. The maximum Gasteiger partial charge on any atom is 0.270 e. The molecule has 0 radical (unpaired) electrons. The van der Waals surface area contributed by atoms with Gasteiger partial charge in [-0.15, -0.1) is 0 Å². The Labute approximate surface area is 136 Å². The lowest BCUT2D eigenvalue weighted by molar-refractivity contribution is -0.384. The molecule has 7 heteroatoms. The van der Waals surface area contributed by atoms with Crippen molar-refractivity contribution in [3.8, 4) is 0 Å². The number of carbonyl (C=O) groups excluding carboxylic acids is 1. The standard InChI is InChI=1S/C15H10Cl2N2O3/c16-12-5-2-6-13(17)15(12)18-14(20)8-7-10-3-1-4-11(9-10)19(21)22/h1-9H,(H,18,20)/b8-7+. The highest BCUT2D eigenvalue weighted by Crippen LogP contribution is 2.29. The molecule has 0 saturated carbocycles. The third-order valence-corrected chi connectivity index (χ3v) is 3.35. The van der Waals surface area contributed by atoms with Crippen LogP contribution in [0.5, 0.6) is 0 Å². The number of rotatable bonds is 4. The molecular weight excluding hydrogens is 327 g/mol. The third kappa shape index (κ3) is 4.07. The van der Waals surface area contributed by atoms with Gasteiger partial charge in [-0.25, -0.2) is 0 Å². The molecule has 0 aliphatic heterocycles. The average Bonchev–Trinajstić information content (AvgIpc) is 2.49. The second-order valence-corrected chi connectivity index (χ2v) is 5.09. The lowest BCUT2D eigenvalue weighted by Gasteiger charge is -2.06. The Morgan fingerprint density at radius 1 is 1.14 bits per heavy atom. The summed E-state index contributed by atoms with van der Waals surface area (Å²) in [5.74, 6) is -0.443. The van der Waals surface area contributed by atoms with Crippen molar-refractivity contribution in [1.29, 1.82) is 0 Å². The van der Waals surface area contributed by atoms with Crippen molar-refractivity contribution < 1.29 is 9.72 Å². The number of nitrogens with zero attached hydrogens (tertiary/aromatic N) is 1. The molecule has 0 aliphatic rings. The molecule has 0 aliphatic carbocycles. The molecule has 2 rings (SSSR count). The summed E-state index contributed by atoms with van der Waals surface area (Å²) in [5.41, 5.74) is 0.811. The Bertz CT molecular complexity index is 740. The summed E-state index contributed by atoms with van der Waals surface area (Å²) in [6.07, 6.45) is 2.71. The number of non-ortho nitro benzene ring substituents is 1. The van der Waals surface area contributed by atoms with Crippen molar-refractivity contribution in [1.82, 2.24) is 0 Å². The molecule has 0 unspecified atom stereocenters. The van der Waals surface area contributed by atoms with Crippen LogP contribution in [0.3, 0.4) is 0 Å². The van der Waals surface area contributed by atoms with Crippen LogP contribution in [0.25, 0.3) is 6.08 Å². The number of nitro benzene ring substituents is 1. The van der Waals surface area contributed by atoms with Gasteiger partial charge in [0, 0.05) is 18.2 Å². The summed E-state index contributed by atoms with van der Waals surface area (Å²) >= 11 is 11.9. The molecule has 0 spiro atoms. The fourth-order valence-corrected chi connectivity index (χ4v) is 2.19. The van der Waals surface area contributed by atoms with E-state index in [0.29, 0.717) is 21.3 Å². The molecule has 0 fully saturated rings. The minimum absolute atomic E-state index is 0.0447. The van der Waals surface area contributed by atoms with E-state index in [9.17, 15) is 14.9 Å². The number of nitro groups is 1. The zero-order valence-electron chi connectivity index (χ0n) is 11.1. The van der Waals surface area contributed by atoms with Gasteiger partial charge in [0.25, 0.3) is 5.69 Å². The largest absolute Gasteiger partial charge is 0.320 e. The fraction of sp³-hybridized carbons (Fsp3) is 0. The first-order valence-corrected chi connectivity index (χ1v) is 6.90. The number of carbonyl (C=O) groups is 1. The highest BCUT2D eigenvalue weighted by Gasteiger charge is 2.08. The molecule has 5 nitrogen and oxygen atoms in total. The van der Waals surface area contributed by atoms with E-state index < -0.39 is 10.8 Å². The van der Waals surface area contributed by atoms with Crippen molar-refractivity contribution in [2.75, 3.05) is 5.32 Å². The zero-order valence-corrected chi connectivity index (χ0v) is 12.6. The number of hydrogen-bond donors (Lipinski definition) is 1. The number of halogens is 2. The van der Waals surface area contributed by atoms with Gasteiger partial charge < -0.3 is 5.32 Å². The van der Waals surface area contributed by atoms with Crippen molar-refractivity contribution >= 4 is 46.6 Å². The van der Waals surface area contributed by atoms with E-state index in [-0.39, 0.29) is 5.69 Å². The highest BCUT2D eigenvalue weighted by atomic mass is 35.5. The SMILES string of the molecule is O=C(/C=C/c1cccc([N+](=O)[O-])c1)Nc1c(Cl)cccc1Cl. The molecule has 0 atom stereocenters. The van der Waals surface area contributed by atoms with Gasteiger partial charge in [0.2, 0.25) is 5.91 Å². The van der Waals surface area contributed by atoms with Gasteiger partial charge in [0.05, 0.1) is 20.7 Å². The first kappa shape index (κ1) is 16.0. The summed E-state index contributed by atoms with van der Waals surface area (Å²) in [6.45, 7) is 0. The normalized spacial score (nSPS) is 10.6. The summed E-state index contributed by atoms with van der Waals surface area (Å²) in [4.78, 5) is 22.0. The van der Waals surface area contributed by atoms with Gasteiger partial charge in [-0.3, -0.25) is 14.9 Å². The average molecular weight is 337 g/mol. The first-order chi connectivity index (χ1) is 10.5. The lowest BCUT2D eigenvalue weighted by atomic mass is 10.2. The molecule has 0 aromatic heterocycles. The second-order valence-electron chi connectivity index (χ2n) is 4.27. The van der Waals surface area contributed by atoms with Crippen LogP contribution in [0.1, 0.15) is 5.56 Å². The quantitative estimate of drug-likeness (QED) is 0.505. The topological polar surface area (TPSA) is 72.2 Å². The van der Waals surface area contributed by atoms with E-state index in [1.165, 1.54) is 24.3 Å². The molecule has 2 aromatic carbocycles. The Morgan fingerprint density at radius 2 is 1.77 bits per heavy atom. The Kier molecular flexibility index (Phi) is 5.14. The molecule has 2 aromatic rings. The zero-order chi connectivity index (χ0) is 16.1. The van der Waals surface area contributed by atoms with Crippen LogP contribution in [0.15, 0.2) is 48.5 Å². The van der Waals surface area contributed by atoms with E-state index in [0.717, 1.165) is 0 Å². The van der Waals surface area contributed by atoms with Crippen LogP contribution in [-0.4, -0.2) is 10.8 Å². The second kappa shape index (κ2) is 7.06. The van der Waals surface area contributed by atoms with Gasteiger partial charge in [-0.2, -0.15) is 0 Å². The smallest absolute Gasteiger partial charge is 0.270 e. The number of benzene rings is 2. The molecule has 1 amide bonds. The highest BCUT2D eigenvalue weighted by molar-refractivity contribution is 6.39. The van der Waals surface area contributed by atoms with Gasteiger partial charge in [0.15, 0.2) is 0 Å². The van der Waals surface area contributed by atoms with E-state index in [2.05, 4.69) is 5.32 Å².